The molecule has 0 saturated heterocycles. The van der Waals surface area contributed by atoms with Gasteiger partial charge in [-0.05, 0) is 21.0 Å². The summed E-state index contributed by atoms with van der Waals surface area (Å²) in [4.78, 5) is 2.13. The maximum Gasteiger partial charge on any atom is 0.171 e. The molecule has 0 saturated carbocycles. The Balaban J connectivity index is 3.53. The smallest absolute Gasteiger partial charge is 0.171 e. The second-order valence-corrected chi connectivity index (χ2v) is 3.39. The van der Waals surface area contributed by atoms with Gasteiger partial charge in [0.15, 0.2) is 6.29 Å². The normalized spacial score (nSPS) is 14.1. The van der Waals surface area contributed by atoms with Crippen molar-refractivity contribution in [3.05, 3.63) is 0 Å². The van der Waals surface area contributed by atoms with Crippen molar-refractivity contribution in [2.24, 2.45) is 0 Å². The summed E-state index contributed by atoms with van der Waals surface area (Å²) in [7, 11) is 7.41. The van der Waals surface area contributed by atoms with Crippen LogP contribution in [0.3, 0.4) is 0 Å². The van der Waals surface area contributed by atoms with Gasteiger partial charge in [-0.15, -0.1) is 0 Å². The molecule has 0 rings (SSSR count). The van der Waals surface area contributed by atoms with Crippen molar-refractivity contribution in [3.63, 3.8) is 0 Å². The second kappa shape index (κ2) is 7.26. The maximum absolute atomic E-state index is 5.12. The van der Waals surface area contributed by atoms with Crippen LogP contribution < -0.4 is 5.32 Å². The molecule has 4 nitrogen and oxygen atoms in total. The van der Waals surface area contributed by atoms with Gasteiger partial charge in [-0.25, -0.2) is 0 Å². The molecule has 1 N–H and O–H groups in total. The number of nitrogens with zero attached hydrogens (tertiary/aromatic N) is 1. The summed E-state index contributed by atoms with van der Waals surface area (Å²) in [5, 5.41) is 3.32. The van der Waals surface area contributed by atoms with E-state index in [0.29, 0.717) is 0 Å². The van der Waals surface area contributed by atoms with E-state index >= 15 is 0 Å². The summed E-state index contributed by atoms with van der Waals surface area (Å²) in [5.74, 6) is 0. The van der Waals surface area contributed by atoms with Crippen LogP contribution in [0.4, 0.5) is 0 Å². The van der Waals surface area contributed by atoms with Crippen LogP contribution in [-0.2, 0) is 9.47 Å². The van der Waals surface area contributed by atoms with E-state index in [1.54, 1.807) is 14.2 Å². The van der Waals surface area contributed by atoms with Crippen molar-refractivity contribution in [1.82, 2.24) is 10.2 Å². The van der Waals surface area contributed by atoms with Gasteiger partial charge in [0.2, 0.25) is 0 Å². The van der Waals surface area contributed by atoms with E-state index in [0.717, 1.165) is 13.1 Å². The molecule has 1 unspecified atom stereocenters. The Labute approximate surface area is 81.2 Å². The molecule has 13 heavy (non-hydrogen) atoms. The minimum Gasteiger partial charge on any atom is -0.354 e. The van der Waals surface area contributed by atoms with Gasteiger partial charge in [0.25, 0.3) is 0 Å². The van der Waals surface area contributed by atoms with Crippen molar-refractivity contribution in [3.8, 4) is 0 Å². The van der Waals surface area contributed by atoms with Gasteiger partial charge in [0.1, 0.15) is 0 Å². The number of methoxy groups -OCH3 is 2. The summed E-state index contributed by atoms with van der Waals surface area (Å²) in [5.41, 5.74) is 0. The Kier molecular flexibility index (Phi) is 7.17. The van der Waals surface area contributed by atoms with Gasteiger partial charge >= 0.3 is 0 Å². The molecule has 0 aliphatic heterocycles. The van der Waals surface area contributed by atoms with Crippen molar-refractivity contribution < 1.29 is 9.47 Å². The van der Waals surface area contributed by atoms with Crippen LogP contribution in [0, 0.1) is 0 Å². The fourth-order valence-electron chi connectivity index (χ4n) is 1.12. The van der Waals surface area contributed by atoms with E-state index in [2.05, 4.69) is 24.3 Å². The summed E-state index contributed by atoms with van der Waals surface area (Å²) in [6, 6.07) is 0.218. The lowest BCUT2D eigenvalue weighted by Crippen LogP contribution is -2.42. The largest absolute Gasteiger partial charge is 0.354 e. The third kappa shape index (κ3) is 5.99. The van der Waals surface area contributed by atoms with Crippen LogP contribution in [0.25, 0.3) is 0 Å². The lowest BCUT2D eigenvalue weighted by Gasteiger charge is -2.22. The molecule has 0 heterocycles. The third-order valence-corrected chi connectivity index (χ3v) is 1.90. The molecule has 0 radical (unpaired) electrons. The summed E-state index contributed by atoms with van der Waals surface area (Å²) in [6.45, 7) is 4.01. The Morgan fingerprint density at radius 2 is 1.77 bits per heavy atom. The summed E-state index contributed by atoms with van der Waals surface area (Å²) in [6.07, 6.45) is -0.165. The first-order valence-corrected chi connectivity index (χ1v) is 4.55. The van der Waals surface area contributed by atoms with Gasteiger partial charge in [0.05, 0.1) is 6.04 Å². The lowest BCUT2D eigenvalue weighted by molar-refractivity contribution is -0.119. The molecule has 0 aromatic carbocycles. The average Bonchev–Trinajstić information content (AvgIpc) is 2.05. The number of nitrogens with one attached hydrogen (secondary N) is 1. The Morgan fingerprint density at radius 1 is 1.23 bits per heavy atom. The fourth-order valence-corrected chi connectivity index (χ4v) is 1.12. The molecule has 0 bridgehead atoms. The maximum atomic E-state index is 5.12. The number of ether oxygens (including phenoxy) is 2. The second-order valence-electron chi connectivity index (χ2n) is 3.39. The standard InChI is InChI=1S/C9H22N2O2/c1-8(9(12-4)13-5)10-6-7-11(2)3/h8-10H,6-7H2,1-5H3. The third-order valence-electron chi connectivity index (χ3n) is 1.90. The van der Waals surface area contributed by atoms with Crippen LogP contribution in [0.1, 0.15) is 6.92 Å². The minimum atomic E-state index is -0.165. The predicted octanol–water partition coefficient (Wildman–Crippen LogP) is 0.145. The molecule has 0 aliphatic carbocycles. The molecule has 4 heteroatoms. The van der Waals surface area contributed by atoms with Gasteiger partial charge in [-0.3, -0.25) is 0 Å². The number of rotatable bonds is 7. The molecular weight excluding hydrogens is 168 g/mol. The van der Waals surface area contributed by atoms with Crippen LogP contribution >= 0.6 is 0 Å². The topological polar surface area (TPSA) is 33.7 Å². The molecule has 0 aliphatic rings. The zero-order valence-electron chi connectivity index (χ0n) is 9.33. The molecule has 1 atom stereocenters. The van der Waals surface area contributed by atoms with E-state index in [1.165, 1.54) is 0 Å². The van der Waals surface area contributed by atoms with Crippen molar-refractivity contribution in [2.45, 2.75) is 19.3 Å². The first-order valence-electron chi connectivity index (χ1n) is 4.55. The van der Waals surface area contributed by atoms with Crippen LogP contribution in [0.2, 0.25) is 0 Å². The first-order chi connectivity index (χ1) is 6.11. The number of hydrogen-bond acceptors (Lipinski definition) is 4. The van der Waals surface area contributed by atoms with Crippen molar-refractivity contribution in [2.75, 3.05) is 41.4 Å². The van der Waals surface area contributed by atoms with Gasteiger partial charge < -0.3 is 19.7 Å². The van der Waals surface area contributed by atoms with E-state index in [1.807, 2.05) is 6.92 Å². The van der Waals surface area contributed by atoms with Crippen LogP contribution in [0.5, 0.6) is 0 Å². The highest BCUT2D eigenvalue weighted by molar-refractivity contribution is 4.64. The minimum absolute atomic E-state index is 0.165. The average molecular weight is 190 g/mol. The van der Waals surface area contributed by atoms with Gasteiger partial charge in [-0.2, -0.15) is 0 Å². The zero-order valence-corrected chi connectivity index (χ0v) is 9.33. The zero-order chi connectivity index (χ0) is 10.3. The van der Waals surface area contributed by atoms with Crippen molar-refractivity contribution in [1.29, 1.82) is 0 Å². The van der Waals surface area contributed by atoms with Crippen LogP contribution in [-0.4, -0.2) is 58.6 Å². The molecule has 80 valence electrons. The highest BCUT2D eigenvalue weighted by Gasteiger charge is 2.14. The van der Waals surface area contributed by atoms with E-state index in [9.17, 15) is 0 Å². The monoisotopic (exact) mass is 190 g/mol. The van der Waals surface area contributed by atoms with E-state index in [4.69, 9.17) is 9.47 Å². The molecular formula is C9H22N2O2. The summed E-state index contributed by atoms with van der Waals surface area (Å²) < 4.78 is 10.2. The predicted molar refractivity (Wildman–Crippen MR) is 53.8 cm³/mol. The lowest BCUT2D eigenvalue weighted by atomic mass is 10.3. The molecule has 0 aromatic rings. The van der Waals surface area contributed by atoms with Crippen LogP contribution in [0.15, 0.2) is 0 Å². The highest BCUT2D eigenvalue weighted by atomic mass is 16.7. The Bertz CT molecular complexity index is 116. The van der Waals surface area contributed by atoms with Gasteiger partial charge in [0, 0.05) is 27.3 Å². The summed E-state index contributed by atoms with van der Waals surface area (Å²) >= 11 is 0. The van der Waals surface area contributed by atoms with E-state index < -0.39 is 0 Å². The molecule has 0 spiro atoms. The number of likely N-dealkylation sites (N-methyl/N-ethyl adjacent to an activating group) is 1. The highest BCUT2D eigenvalue weighted by Crippen LogP contribution is 1.97. The molecule has 0 aromatic heterocycles. The molecule has 0 amide bonds. The molecule has 0 fully saturated rings. The quantitative estimate of drug-likeness (QED) is 0.579. The van der Waals surface area contributed by atoms with Gasteiger partial charge in [-0.1, -0.05) is 0 Å². The number of hydrogen-bond donors (Lipinski definition) is 1. The Hall–Kier alpha value is -0.160. The first kappa shape index (κ1) is 12.8. The fraction of sp³-hybridized carbons (Fsp3) is 1.00. The Morgan fingerprint density at radius 3 is 2.15 bits per heavy atom. The SMILES string of the molecule is COC(OC)C(C)NCCN(C)C. The van der Waals surface area contributed by atoms with Crippen molar-refractivity contribution >= 4 is 0 Å². The van der Waals surface area contributed by atoms with E-state index in [-0.39, 0.29) is 12.3 Å².